The zero-order valence-corrected chi connectivity index (χ0v) is 9.41. The Hall–Kier alpha value is -1.68. The summed E-state index contributed by atoms with van der Waals surface area (Å²) in [5.74, 6) is -0.262. The summed E-state index contributed by atoms with van der Waals surface area (Å²) in [6.07, 6.45) is 3.19. The van der Waals surface area contributed by atoms with Crippen molar-refractivity contribution in [1.82, 2.24) is 5.32 Å². The fourth-order valence-electron chi connectivity index (χ4n) is 1.69. The summed E-state index contributed by atoms with van der Waals surface area (Å²) in [6.45, 7) is 1.70. The van der Waals surface area contributed by atoms with Gasteiger partial charge in [-0.1, -0.05) is 11.6 Å². The third kappa shape index (κ3) is 3.67. The van der Waals surface area contributed by atoms with E-state index in [1.54, 1.807) is 0 Å². The molecule has 4 heteroatoms. The van der Waals surface area contributed by atoms with Crippen LogP contribution in [0.1, 0.15) is 12.8 Å². The van der Waals surface area contributed by atoms with Crippen molar-refractivity contribution in [2.24, 2.45) is 0 Å². The summed E-state index contributed by atoms with van der Waals surface area (Å²) >= 11 is 0. The average Bonchev–Trinajstić information content (AvgIpc) is 2.33. The highest BCUT2D eigenvalue weighted by atomic mass is 19.1. The number of carbonyl (C=O) groups is 1. The maximum atomic E-state index is 12.6. The molecule has 1 N–H and O–H groups in total. The lowest BCUT2D eigenvalue weighted by molar-refractivity contribution is -0.133. The molecule has 0 unspecified atom stereocenters. The zero-order chi connectivity index (χ0) is 12.1. The molecule has 0 amide bonds. The highest BCUT2D eigenvalue weighted by Crippen LogP contribution is 2.15. The van der Waals surface area contributed by atoms with Crippen molar-refractivity contribution in [1.29, 1.82) is 0 Å². The van der Waals surface area contributed by atoms with Gasteiger partial charge in [-0.2, -0.15) is 0 Å². The standard InChI is InChI=1S/C13H14FNO2/c14-11-1-3-12(4-2-11)17-13(16)9-10-5-7-15-8-6-10/h1-5,15H,6-9H2. The number of rotatable bonds is 3. The molecule has 0 fully saturated rings. The topological polar surface area (TPSA) is 38.3 Å². The van der Waals surface area contributed by atoms with Gasteiger partial charge in [0.05, 0.1) is 6.42 Å². The van der Waals surface area contributed by atoms with Crippen molar-refractivity contribution < 1.29 is 13.9 Å². The Bertz CT molecular complexity index is 426. The summed E-state index contributed by atoms with van der Waals surface area (Å²) in [4.78, 5) is 11.6. The first kappa shape index (κ1) is 11.8. The number of nitrogens with one attached hydrogen (secondary N) is 1. The molecule has 0 atom stereocenters. The van der Waals surface area contributed by atoms with Gasteiger partial charge >= 0.3 is 5.97 Å². The van der Waals surface area contributed by atoms with Gasteiger partial charge in [0, 0.05) is 6.54 Å². The van der Waals surface area contributed by atoms with Crippen LogP contribution in [-0.2, 0) is 4.79 Å². The zero-order valence-electron chi connectivity index (χ0n) is 9.41. The smallest absolute Gasteiger partial charge is 0.315 e. The van der Waals surface area contributed by atoms with Crippen LogP contribution in [0.4, 0.5) is 4.39 Å². The Kier molecular flexibility index (Phi) is 3.88. The summed E-state index contributed by atoms with van der Waals surface area (Å²) in [5, 5.41) is 3.17. The fourth-order valence-corrected chi connectivity index (χ4v) is 1.69. The van der Waals surface area contributed by atoms with Crippen LogP contribution in [0.15, 0.2) is 35.9 Å². The first-order valence-corrected chi connectivity index (χ1v) is 5.59. The van der Waals surface area contributed by atoms with E-state index in [-0.39, 0.29) is 11.8 Å². The number of hydrogen-bond acceptors (Lipinski definition) is 3. The SMILES string of the molecule is O=C(CC1=CCNCC1)Oc1ccc(F)cc1. The minimum Gasteiger partial charge on any atom is -0.426 e. The van der Waals surface area contributed by atoms with Crippen LogP contribution in [0, 0.1) is 5.82 Å². The molecule has 1 heterocycles. The van der Waals surface area contributed by atoms with E-state index < -0.39 is 0 Å². The predicted octanol–water partition coefficient (Wildman–Crippen LogP) is 2.04. The summed E-state index contributed by atoms with van der Waals surface area (Å²) in [5.41, 5.74) is 1.09. The van der Waals surface area contributed by atoms with Crippen LogP contribution in [0.2, 0.25) is 0 Å². The molecular formula is C13H14FNO2. The molecule has 1 aromatic carbocycles. The Labute approximate surface area is 99.3 Å². The lowest BCUT2D eigenvalue weighted by atomic mass is 10.1. The molecule has 0 radical (unpaired) electrons. The maximum absolute atomic E-state index is 12.6. The summed E-state index contributed by atoms with van der Waals surface area (Å²) in [7, 11) is 0. The second-order valence-electron chi connectivity index (χ2n) is 3.92. The predicted molar refractivity (Wildman–Crippen MR) is 62.2 cm³/mol. The second kappa shape index (κ2) is 5.59. The van der Waals surface area contributed by atoms with Gasteiger partial charge in [0.25, 0.3) is 0 Å². The van der Waals surface area contributed by atoms with Gasteiger partial charge in [0.15, 0.2) is 0 Å². The minimum absolute atomic E-state index is 0.301. The van der Waals surface area contributed by atoms with E-state index in [9.17, 15) is 9.18 Å². The number of carbonyl (C=O) groups excluding carboxylic acids is 1. The molecule has 1 aliphatic heterocycles. The summed E-state index contributed by atoms with van der Waals surface area (Å²) < 4.78 is 17.7. The minimum atomic E-state index is -0.342. The van der Waals surface area contributed by atoms with Gasteiger partial charge in [0.2, 0.25) is 0 Å². The van der Waals surface area contributed by atoms with Crippen LogP contribution in [0.3, 0.4) is 0 Å². The summed E-state index contributed by atoms with van der Waals surface area (Å²) in [6, 6.07) is 5.44. The number of esters is 1. The van der Waals surface area contributed by atoms with Crippen molar-refractivity contribution in [3.05, 3.63) is 41.7 Å². The molecule has 1 aromatic rings. The molecule has 17 heavy (non-hydrogen) atoms. The molecule has 0 bridgehead atoms. The van der Waals surface area contributed by atoms with Crippen LogP contribution < -0.4 is 10.1 Å². The molecule has 2 rings (SSSR count). The highest BCUT2D eigenvalue weighted by molar-refractivity contribution is 5.75. The van der Waals surface area contributed by atoms with E-state index in [1.165, 1.54) is 24.3 Å². The number of ether oxygens (including phenoxy) is 1. The lowest BCUT2D eigenvalue weighted by Gasteiger charge is -2.13. The normalized spacial score (nSPS) is 15.2. The Morgan fingerprint density at radius 2 is 2.12 bits per heavy atom. The van der Waals surface area contributed by atoms with Crippen molar-refractivity contribution in [3.63, 3.8) is 0 Å². The van der Waals surface area contributed by atoms with Crippen LogP contribution in [0.5, 0.6) is 5.75 Å². The third-order valence-corrected chi connectivity index (χ3v) is 2.57. The van der Waals surface area contributed by atoms with Crippen molar-refractivity contribution in [2.75, 3.05) is 13.1 Å². The van der Waals surface area contributed by atoms with Gasteiger partial charge in [-0.3, -0.25) is 4.79 Å². The second-order valence-corrected chi connectivity index (χ2v) is 3.92. The molecule has 0 saturated heterocycles. The van der Waals surface area contributed by atoms with E-state index in [0.717, 1.165) is 25.1 Å². The monoisotopic (exact) mass is 235 g/mol. The maximum Gasteiger partial charge on any atom is 0.315 e. The van der Waals surface area contributed by atoms with E-state index in [1.807, 2.05) is 6.08 Å². The fraction of sp³-hybridized carbons (Fsp3) is 0.308. The lowest BCUT2D eigenvalue weighted by Crippen LogP contribution is -2.22. The van der Waals surface area contributed by atoms with Crippen molar-refractivity contribution in [3.8, 4) is 5.75 Å². The van der Waals surface area contributed by atoms with Gasteiger partial charge in [-0.15, -0.1) is 0 Å². The van der Waals surface area contributed by atoms with Crippen LogP contribution in [-0.4, -0.2) is 19.1 Å². The molecule has 0 aliphatic carbocycles. The van der Waals surface area contributed by atoms with Gasteiger partial charge in [-0.05, 0) is 37.2 Å². The quantitative estimate of drug-likeness (QED) is 0.495. The van der Waals surface area contributed by atoms with Crippen molar-refractivity contribution in [2.45, 2.75) is 12.8 Å². The molecule has 1 aliphatic rings. The third-order valence-electron chi connectivity index (χ3n) is 2.57. The molecule has 0 spiro atoms. The molecule has 0 saturated carbocycles. The largest absolute Gasteiger partial charge is 0.426 e. The van der Waals surface area contributed by atoms with Crippen LogP contribution in [0.25, 0.3) is 0 Å². The Morgan fingerprint density at radius 3 is 2.76 bits per heavy atom. The highest BCUT2D eigenvalue weighted by Gasteiger charge is 2.10. The number of benzene rings is 1. The van der Waals surface area contributed by atoms with E-state index in [2.05, 4.69) is 5.32 Å². The van der Waals surface area contributed by atoms with E-state index in [4.69, 9.17) is 4.74 Å². The average molecular weight is 235 g/mol. The van der Waals surface area contributed by atoms with Crippen molar-refractivity contribution >= 4 is 5.97 Å². The number of halogens is 1. The van der Waals surface area contributed by atoms with Crippen LogP contribution >= 0.6 is 0 Å². The molecule has 3 nitrogen and oxygen atoms in total. The molecular weight excluding hydrogens is 221 g/mol. The van der Waals surface area contributed by atoms with Gasteiger partial charge < -0.3 is 10.1 Å². The van der Waals surface area contributed by atoms with Gasteiger partial charge in [-0.25, -0.2) is 4.39 Å². The first-order chi connectivity index (χ1) is 8.24. The van der Waals surface area contributed by atoms with Gasteiger partial charge in [0.1, 0.15) is 11.6 Å². The van der Waals surface area contributed by atoms with E-state index >= 15 is 0 Å². The van der Waals surface area contributed by atoms with E-state index in [0.29, 0.717) is 12.2 Å². The first-order valence-electron chi connectivity index (χ1n) is 5.59. The number of hydrogen-bond donors (Lipinski definition) is 1. The molecule has 0 aromatic heterocycles. The Balaban J connectivity index is 1.88. The molecule has 90 valence electrons. The Morgan fingerprint density at radius 1 is 1.35 bits per heavy atom.